The van der Waals surface area contributed by atoms with Crippen LogP contribution in [0.4, 0.5) is 5.69 Å². The summed E-state index contributed by atoms with van der Waals surface area (Å²) in [5.74, 6) is 0. The lowest BCUT2D eigenvalue weighted by Crippen LogP contribution is -2.31. The van der Waals surface area contributed by atoms with E-state index in [1.54, 1.807) is 0 Å². The predicted octanol–water partition coefficient (Wildman–Crippen LogP) is 4.97. The number of anilines is 1. The summed E-state index contributed by atoms with van der Waals surface area (Å²) in [4.78, 5) is 2.43. The molecule has 0 aliphatic rings. The van der Waals surface area contributed by atoms with E-state index in [0.717, 1.165) is 11.9 Å². The van der Waals surface area contributed by atoms with E-state index in [0.29, 0.717) is 6.04 Å². The fraction of sp³-hybridized carbons (Fsp3) is 0.538. The molecule has 90 valence electrons. The van der Waals surface area contributed by atoms with Crippen molar-refractivity contribution in [3.63, 3.8) is 0 Å². The quantitative estimate of drug-likeness (QED) is 0.679. The highest BCUT2D eigenvalue weighted by Crippen LogP contribution is 2.26. The molecule has 0 spiro atoms. The Hall–Kier alpha value is -0.0200. The number of rotatable bonds is 5. The van der Waals surface area contributed by atoms with E-state index in [1.807, 2.05) is 0 Å². The Morgan fingerprint density at radius 3 is 2.44 bits per heavy atom. The van der Waals surface area contributed by atoms with Gasteiger partial charge in [0.25, 0.3) is 0 Å². The molecule has 16 heavy (non-hydrogen) atoms. The molecule has 0 N–H and O–H groups in total. The van der Waals surface area contributed by atoms with Crippen LogP contribution in [0.5, 0.6) is 0 Å². The minimum absolute atomic E-state index is 0.543. The Morgan fingerprint density at radius 1 is 1.31 bits per heavy atom. The van der Waals surface area contributed by atoms with Gasteiger partial charge in [0, 0.05) is 28.1 Å². The minimum Gasteiger partial charge on any atom is -0.369 e. The highest BCUT2D eigenvalue weighted by Gasteiger charge is 2.10. The average molecular weight is 349 g/mol. The fourth-order valence-electron chi connectivity index (χ4n) is 1.75. The maximum Gasteiger partial charge on any atom is 0.0380 e. The van der Waals surface area contributed by atoms with E-state index >= 15 is 0 Å². The van der Waals surface area contributed by atoms with E-state index in [1.165, 1.54) is 22.1 Å². The molecule has 0 bridgehead atoms. The number of hydrogen-bond donors (Lipinski definition) is 0. The maximum atomic E-state index is 3.62. The van der Waals surface area contributed by atoms with Gasteiger partial charge >= 0.3 is 0 Å². The second-order valence-electron chi connectivity index (χ2n) is 4.20. The molecule has 0 radical (unpaired) electrons. The number of nitrogens with zero attached hydrogens (tertiary/aromatic N) is 1. The fourth-order valence-corrected chi connectivity index (χ4v) is 3.12. The minimum atomic E-state index is 0.543. The second kappa shape index (κ2) is 6.65. The Kier molecular flexibility index (Phi) is 5.84. The highest BCUT2D eigenvalue weighted by atomic mass is 79.9. The molecule has 0 heterocycles. The molecule has 1 rings (SSSR count). The SMILES string of the molecule is CCCN(c1ccc(CBr)c(Br)c1)C(C)C. The number of halogens is 2. The van der Waals surface area contributed by atoms with Gasteiger partial charge in [-0.25, -0.2) is 0 Å². The number of alkyl halides is 1. The molecule has 1 aromatic rings. The van der Waals surface area contributed by atoms with Crippen LogP contribution < -0.4 is 4.90 Å². The molecular formula is C13H19Br2N. The van der Waals surface area contributed by atoms with Crippen molar-refractivity contribution in [1.29, 1.82) is 0 Å². The molecule has 0 fully saturated rings. The monoisotopic (exact) mass is 347 g/mol. The van der Waals surface area contributed by atoms with E-state index in [-0.39, 0.29) is 0 Å². The van der Waals surface area contributed by atoms with Crippen LogP contribution >= 0.6 is 31.9 Å². The molecule has 0 unspecified atom stereocenters. The van der Waals surface area contributed by atoms with Crippen molar-refractivity contribution < 1.29 is 0 Å². The second-order valence-corrected chi connectivity index (χ2v) is 5.61. The summed E-state index contributed by atoms with van der Waals surface area (Å²) in [6.07, 6.45) is 1.18. The summed E-state index contributed by atoms with van der Waals surface area (Å²) in [7, 11) is 0. The molecule has 1 nitrogen and oxygen atoms in total. The van der Waals surface area contributed by atoms with Crippen LogP contribution in [0.15, 0.2) is 22.7 Å². The molecule has 0 aliphatic carbocycles. The average Bonchev–Trinajstić information content (AvgIpc) is 2.25. The van der Waals surface area contributed by atoms with Crippen molar-refractivity contribution >= 4 is 37.5 Å². The molecule has 1 aromatic carbocycles. The maximum absolute atomic E-state index is 3.62. The topological polar surface area (TPSA) is 3.24 Å². The van der Waals surface area contributed by atoms with Crippen molar-refractivity contribution in [3.8, 4) is 0 Å². The van der Waals surface area contributed by atoms with Crippen molar-refractivity contribution in [2.45, 2.75) is 38.6 Å². The van der Waals surface area contributed by atoms with Crippen LogP contribution in [0.1, 0.15) is 32.8 Å². The molecule has 0 atom stereocenters. The first-order valence-corrected chi connectivity index (χ1v) is 7.62. The molecule has 0 amide bonds. The van der Waals surface area contributed by atoms with Crippen molar-refractivity contribution in [2.75, 3.05) is 11.4 Å². The van der Waals surface area contributed by atoms with E-state index in [4.69, 9.17) is 0 Å². The lowest BCUT2D eigenvalue weighted by molar-refractivity contribution is 0.671. The summed E-state index contributed by atoms with van der Waals surface area (Å²) >= 11 is 7.11. The summed E-state index contributed by atoms with van der Waals surface area (Å²) in [5, 5.41) is 0.892. The van der Waals surface area contributed by atoms with E-state index in [9.17, 15) is 0 Å². The van der Waals surface area contributed by atoms with Crippen molar-refractivity contribution in [1.82, 2.24) is 0 Å². The molecule has 0 aromatic heterocycles. The smallest absolute Gasteiger partial charge is 0.0380 e. The van der Waals surface area contributed by atoms with Gasteiger partial charge in [0.15, 0.2) is 0 Å². The summed E-state index contributed by atoms with van der Waals surface area (Å²) < 4.78 is 1.18. The van der Waals surface area contributed by atoms with Gasteiger partial charge in [0.05, 0.1) is 0 Å². The van der Waals surface area contributed by atoms with E-state index in [2.05, 4.69) is 75.7 Å². The predicted molar refractivity (Wildman–Crippen MR) is 79.5 cm³/mol. The van der Waals surface area contributed by atoms with Gasteiger partial charge in [-0.05, 0) is 38.0 Å². The normalized spacial score (nSPS) is 10.9. The molecule has 0 saturated heterocycles. The zero-order chi connectivity index (χ0) is 12.1. The number of hydrogen-bond acceptors (Lipinski definition) is 1. The zero-order valence-corrected chi connectivity index (χ0v) is 13.3. The zero-order valence-electron chi connectivity index (χ0n) is 10.1. The van der Waals surface area contributed by atoms with Gasteiger partial charge in [0.1, 0.15) is 0 Å². The third-order valence-corrected chi connectivity index (χ3v) is 3.94. The molecular weight excluding hydrogens is 330 g/mol. The van der Waals surface area contributed by atoms with Crippen molar-refractivity contribution in [2.24, 2.45) is 0 Å². The highest BCUT2D eigenvalue weighted by molar-refractivity contribution is 9.10. The standard InChI is InChI=1S/C13H19Br2N/c1-4-7-16(10(2)3)12-6-5-11(9-14)13(15)8-12/h5-6,8,10H,4,7,9H2,1-3H3. The Bertz CT molecular complexity index is 337. The van der Waals surface area contributed by atoms with Gasteiger partial charge in [-0.15, -0.1) is 0 Å². The summed E-state index contributed by atoms with van der Waals surface area (Å²) in [6.45, 7) is 7.80. The van der Waals surface area contributed by atoms with Crippen LogP contribution in [0.3, 0.4) is 0 Å². The van der Waals surface area contributed by atoms with Crippen LogP contribution in [0, 0.1) is 0 Å². The van der Waals surface area contributed by atoms with Crippen LogP contribution in [-0.2, 0) is 5.33 Å². The third kappa shape index (κ3) is 3.49. The van der Waals surface area contributed by atoms with Crippen LogP contribution in [-0.4, -0.2) is 12.6 Å². The van der Waals surface area contributed by atoms with Gasteiger partial charge in [0.2, 0.25) is 0 Å². The molecule has 0 aliphatic heterocycles. The van der Waals surface area contributed by atoms with Gasteiger partial charge in [-0.3, -0.25) is 0 Å². The third-order valence-electron chi connectivity index (χ3n) is 2.60. The molecule has 0 saturated carbocycles. The molecule has 3 heteroatoms. The van der Waals surface area contributed by atoms with Crippen LogP contribution in [0.25, 0.3) is 0 Å². The lowest BCUT2D eigenvalue weighted by Gasteiger charge is -2.29. The van der Waals surface area contributed by atoms with Crippen LogP contribution in [0.2, 0.25) is 0 Å². The first-order valence-electron chi connectivity index (χ1n) is 5.71. The lowest BCUT2D eigenvalue weighted by atomic mass is 10.2. The first kappa shape index (κ1) is 14.0. The van der Waals surface area contributed by atoms with Gasteiger partial charge in [-0.1, -0.05) is 44.8 Å². The summed E-state index contributed by atoms with van der Waals surface area (Å²) in [5.41, 5.74) is 2.59. The van der Waals surface area contributed by atoms with E-state index < -0.39 is 0 Å². The van der Waals surface area contributed by atoms with Crippen molar-refractivity contribution in [3.05, 3.63) is 28.2 Å². The Balaban J connectivity index is 2.97. The van der Waals surface area contributed by atoms with Gasteiger partial charge < -0.3 is 4.90 Å². The van der Waals surface area contributed by atoms with Gasteiger partial charge in [-0.2, -0.15) is 0 Å². The first-order chi connectivity index (χ1) is 7.60. The largest absolute Gasteiger partial charge is 0.369 e. The number of benzene rings is 1. The Morgan fingerprint density at radius 2 is 2.00 bits per heavy atom. The Labute approximate surface area is 115 Å². The summed E-state index contributed by atoms with van der Waals surface area (Å²) in [6, 6.07) is 7.14.